The fraction of sp³-hybridized carbons (Fsp3) is 0.267. The van der Waals surface area contributed by atoms with E-state index in [4.69, 9.17) is 11.6 Å². The minimum atomic E-state index is 0.484. The first-order valence-corrected chi connectivity index (χ1v) is 6.91. The highest BCUT2D eigenvalue weighted by Gasteiger charge is 2.22. The molecule has 0 radical (unpaired) electrons. The number of hydrogen-bond donors (Lipinski definition) is 0. The molecule has 0 spiro atoms. The lowest BCUT2D eigenvalue weighted by Gasteiger charge is -2.37. The van der Waals surface area contributed by atoms with Crippen LogP contribution in [0.3, 0.4) is 0 Å². The van der Waals surface area contributed by atoms with E-state index in [0.717, 1.165) is 24.3 Å². The number of para-hydroxylation sites is 2. The Bertz CT molecular complexity index is 585. The van der Waals surface area contributed by atoms with Gasteiger partial charge in [-0.3, -0.25) is 4.98 Å². The largest absolute Gasteiger partial charge is 0.371 e. The Labute approximate surface area is 118 Å². The molecule has 2 aromatic rings. The summed E-state index contributed by atoms with van der Waals surface area (Å²) in [5.41, 5.74) is 4.72. The van der Waals surface area contributed by atoms with Crippen molar-refractivity contribution in [3.8, 4) is 0 Å². The third-order valence-electron chi connectivity index (χ3n) is 3.56. The van der Waals surface area contributed by atoms with E-state index in [0.29, 0.717) is 5.88 Å². The van der Waals surface area contributed by atoms with Gasteiger partial charge in [0, 0.05) is 43.8 Å². The van der Waals surface area contributed by atoms with Crippen LogP contribution in [-0.2, 0) is 5.88 Å². The molecule has 0 amide bonds. The number of rotatable bonds is 2. The van der Waals surface area contributed by atoms with Crippen molar-refractivity contribution >= 4 is 28.7 Å². The molecule has 0 N–H and O–H groups in total. The van der Waals surface area contributed by atoms with E-state index in [-0.39, 0.29) is 0 Å². The van der Waals surface area contributed by atoms with Gasteiger partial charge in [-0.1, -0.05) is 12.1 Å². The maximum atomic E-state index is 6.03. The van der Waals surface area contributed by atoms with E-state index in [1.807, 2.05) is 18.5 Å². The second-order valence-corrected chi connectivity index (χ2v) is 4.97. The normalized spacial score (nSPS) is 14.4. The van der Waals surface area contributed by atoms with Crippen LogP contribution in [0, 0.1) is 0 Å². The number of pyridine rings is 1. The lowest BCUT2D eigenvalue weighted by Crippen LogP contribution is -2.36. The van der Waals surface area contributed by atoms with Crippen LogP contribution in [0.25, 0.3) is 0 Å². The summed E-state index contributed by atoms with van der Waals surface area (Å²) in [6, 6.07) is 10.5. The highest BCUT2D eigenvalue weighted by atomic mass is 35.5. The Kier molecular flexibility index (Phi) is 3.30. The van der Waals surface area contributed by atoms with Gasteiger partial charge in [0.25, 0.3) is 0 Å². The van der Waals surface area contributed by atoms with Crippen molar-refractivity contribution in [1.29, 1.82) is 0 Å². The van der Waals surface area contributed by atoms with Gasteiger partial charge in [0.1, 0.15) is 0 Å². The molecule has 0 aliphatic carbocycles. The zero-order chi connectivity index (χ0) is 13.2. The molecule has 2 heterocycles. The molecule has 1 aromatic carbocycles. The van der Waals surface area contributed by atoms with Gasteiger partial charge in [-0.05, 0) is 18.2 Å². The van der Waals surface area contributed by atoms with Gasteiger partial charge in [0.05, 0.1) is 17.3 Å². The molecule has 1 aliphatic rings. The van der Waals surface area contributed by atoms with Gasteiger partial charge in [-0.15, -0.1) is 11.6 Å². The van der Waals surface area contributed by atoms with E-state index in [1.165, 1.54) is 11.4 Å². The smallest absolute Gasteiger partial charge is 0.0649 e. The minimum Gasteiger partial charge on any atom is -0.371 e. The molecule has 0 bridgehead atoms. The second-order valence-electron chi connectivity index (χ2n) is 4.70. The molecule has 1 aliphatic heterocycles. The van der Waals surface area contributed by atoms with Crippen LogP contribution < -0.4 is 9.80 Å². The minimum absolute atomic E-state index is 0.484. The van der Waals surface area contributed by atoms with Gasteiger partial charge in [-0.2, -0.15) is 0 Å². The molecule has 98 valence electrons. The number of aromatic nitrogens is 1. The fourth-order valence-corrected chi connectivity index (χ4v) is 2.75. The van der Waals surface area contributed by atoms with Crippen LogP contribution in [0.2, 0.25) is 0 Å². The summed E-state index contributed by atoms with van der Waals surface area (Å²) in [5.74, 6) is 0.484. The molecule has 0 atom stereocenters. The molecular formula is C15H16ClN3. The molecule has 19 heavy (non-hydrogen) atoms. The number of alkyl halides is 1. The van der Waals surface area contributed by atoms with Crippen molar-refractivity contribution in [2.24, 2.45) is 0 Å². The molecule has 0 saturated heterocycles. The molecular weight excluding hydrogens is 258 g/mol. The van der Waals surface area contributed by atoms with E-state index in [2.05, 4.69) is 46.1 Å². The Hall–Kier alpha value is -1.74. The summed E-state index contributed by atoms with van der Waals surface area (Å²) < 4.78 is 0. The van der Waals surface area contributed by atoms with Crippen molar-refractivity contribution < 1.29 is 0 Å². The summed E-state index contributed by atoms with van der Waals surface area (Å²) in [7, 11) is 2.13. The molecule has 1 aromatic heterocycles. The zero-order valence-corrected chi connectivity index (χ0v) is 11.6. The van der Waals surface area contributed by atoms with Crippen LogP contribution >= 0.6 is 11.6 Å². The van der Waals surface area contributed by atoms with Crippen molar-refractivity contribution in [2.45, 2.75) is 5.88 Å². The first-order valence-electron chi connectivity index (χ1n) is 6.38. The van der Waals surface area contributed by atoms with Crippen LogP contribution in [0.4, 0.5) is 17.1 Å². The number of nitrogens with zero attached hydrogens (tertiary/aromatic N) is 3. The van der Waals surface area contributed by atoms with Gasteiger partial charge >= 0.3 is 0 Å². The number of hydrogen-bond acceptors (Lipinski definition) is 3. The van der Waals surface area contributed by atoms with Crippen molar-refractivity contribution in [2.75, 3.05) is 29.9 Å². The van der Waals surface area contributed by atoms with E-state index >= 15 is 0 Å². The summed E-state index contributed by atoms with van der Waals surface area (Å²) in [4.78, 5) is 8.77. The highest BCUT2D eigenvalue weighted by molar-refractivity contribution is 6.17. The van der Waals surface area contributed by atoms with Gasteiger partial charge in [0.2, 0.25) is 0 Å². The van der Waals surface area contributed by atoms with E-state index in [1.54, 1.807) is 0 Å². The maximum absolute atomic E-state index is 6.03. The number of benzene rings is 1. The predicted octanol–water partition coefficient (Wildman–Crippen LogP) is 3.41. The lowest BCUT2D eigenvalue weighted by molar-refractivity contribution is 0.819. The number of likely N-dealkylation sites (N-methyl/N-ethyl adjacent to an activating group) is 1. The maximum Gasteiger partial charge on any atom is 0.0649 e. The number of halogens is 1. The van der Waals surface area contributed by atoms with Crippen molar-refractivity contribution in [1.82, 2.24) is 4.98 Å². The summed E-state index contributed by atoms with van der Waals surface area (Å²) in [6.45, 7) is 1.96. The van der Waals surface area contributed by atoms with Crippen LogP contribution in [0.5, 0.6) is 0 Å². The second kappa shape index (κ2) is 5.10. The average molecular weight is 274 g/mol. The summed E-state index contributed by atoms with van der Waals surface area (Å²) in [6.07, 6.45) is 3.68. The standard InChI is InChI=1S/C15H16ClN3/c1-18-8-9-19(15-5-3-2-4-14(15)18)13-6-7-17-11-12(13)10-16/h2-7,11H,8-10H2,1H3. The highest BCUT2D eigenvalue weighted by Crippen LogP contribution is 2.38. The van der Waals surface area contributed by atoms with Gasteiger partial charge in [0.15, 0.2) is 0 Å². The Morgan fingerprint density at radius 1 is 1.11 bits per heavy atom. The van der Waals surface area contributed by atoms with Gasteiger partial charge in [-0.25, -0.2) is 0 Å². The Balaban J connectivity index is 2.10. The van der Waals surface area contributed by atoms with Crippen LogP contribution in [0.1, 0.15) is 5.56 Å². The van der Waals surface area contributed by atoms with Crippen LogP contribution in [-0.4, -0.2) is 25.1 Å². The van der Waals surface area contributed by atoms with Crippen molar-refractivity contribution in [3.63, 3.8) is 0 Å². The lowest BCUT2D eigenvalue weighted by atomic mass is 10.1. The van der Waals surface area contributed by atoms with E-state index < -0.39 is 0 Å². The molecule has 0 fully saturated rings. The van der Waals surface area contributed by atoms with Gasteiger partial charge < -0.3 is 9.80 Å². The quantitative estimate of drug-likeness (QED) is 0.782. The first-order chi connectivity index (χ1) is 9.31. The Morgan fingerprint density at radius 2 is 1.89 bits per heavy atom. The van der Waals surface area contributed by atoms with Crippen molar-refractivity contribution in [3.05, 3.63) is 48.3 Å². The summed E-state index contributed by atoms with van der Waals surface area (Å²) >= 11 is 6.03. The fourth-order valence-electron chi connectivity index (χ4n) is 2.54. The molecule has 0 unspecified atom stereocenters. The summed E-state index contributed by atoms with van der Waals surface area (Å²) in [5, 5.41) is 0. The molecule has 3 nitrogen and oxygen atoms in total. The van der Waals surface area contributed by atoms with E-state index in [9.17, 15) is 0 Å². The third-order valence-corrected chi connectivity index (χ3v) is 3.84. The van der Waals surface area contributed by atoms with Crippen LogP contribution in [0.15, 0.2) is 42.7 Å². The predicted molar refractivity (Wildman–Crippen MR) is 80.5 cm³/mol. The monoisotopic (exact) mass is 273 g/mol. The molecule has 0 saturated carbocycles. The number of anilines is 3. The average Bonchev–Trinajstić information content (AvgIpc) is 2.48. The SMILES string of the molecule is CN1CCN(c2ccncc2CCl)c2ccccc21. The topological polar surface area (TPSA) is 19.4 Å². The number of fused-ring (bicyclic) bond motifs is 1. The Morgan fingerprint density at radius 3 is 2.68 bits per heavy atom. The molecule has 4 heteroatoms. The molecule has 3 rings (SSSR count). The zero-order valence-electron chi connectivity index (χ0n) is 10.9. The third kappa shape index (κ3) is 2.15. The first kappa shape index (κ1) is 12.3.